The maximum atomic E-state index is 12.2. The zero-order valence-electron chi connectivity index (χ0n) is 19.8. The Morgan fingerprint density at radius 3 is 2.50 bits per heavy atom. The highest BCUT2D eigenvalue weighted by molar-refractivity contribution is 5.89. The number of fused-ring (bicyclic) bond motifs is 2. The van der Waals surface area contributed by atoms with E-state index in [9.17, 15) is 9.59 Å². The molecule has 0 aliphatic rings. The minimum Gasteiger partial charge on any atom is -0.496 e. The van der Waals surface area contributed by atoms with E-state index in [2.05, 4.69) is 30.2 Å². The van der Waals surface area contributed by atoms with Gasteiger partial charge in [0.25, 0.3) is 5.56 Å². The Morgan fingerprint density at radius 2 is 1.75 bits per heavy atom. The number of aromatic amines is 2. The lowest BCUT2D eigenvalue weighted by molar-refractivity contribution is 0.186. The van der Waals surface area contributed by atoms with Crippen molar-refractivity contribution >= 4 is 33.8 Å². The van der Waals surface area contributed by atoms with Crippen molar-refractivity contribution in [2.24, 2.45) is 0 Å². The van der Waals surface area contributed by atoms with Crippen molar-refractivity contribution in [3.8, 4) is 22.6 Å². The highest BCUT2D eigenvalue weighted by Gasteiger charge is 2.17. The quantitative estimate of drug-likeness (QED) is 0.328. The minimum atomic E-state index is -0.612. The van der Waals surface area contributed by atoms with Gasteiger partial charge in [-0.05, 0) is 29.8 Å². The molecule has 2 aromatic heterocycles. The first-order chi connectivity index (χ1) is 17.5. The summed E-state index contributed by atoms with van der Waals surface area (Å²) in [6.45, 7) is 0. The van der Waals surface area contributed by atoms with Crippen LogP contribution in [0, 0.1) is 0 Å². The van der Waals surface area contributed by atoms with Gasteiger partial charge in [0.15, 0.2) is 0 Å². The summed E-state index contributed by atoms with van der Waals surface area (Å²) >= 11 is 0. The molecule has 0 aliphatic heterocycles. The summed E-state index contributed by atoms with van der Waals surface area (Å²) in [5.41, 5.74) is 4.46. The predicted octanol–water partition coefficient (Wildman–Crippen LogP) is 4.25. The number of amides is 1. The molecular weight excluding hydrogens is 462 g/mol. The highest BCUT2D eigenvalue weighted by atomic mass is 16.5. The van der Waals surface area contributed by atoms with Crippen LogP contribution in [0.15, 0.2) is 59.4 Å². The Hall–Kier alpha value is -4.86. The van der Waals surface area contributed by atoms with E-state index in [0.717, 1.165) is 33.3 Å². The van der Waals surface area contributed by atoms with E-state index in [-0.39, 0.29) is 11.5 Å². The molecule has 1 amide bonds. The van der Waals surface area contributed by atoms with Gasteiger partial charge in [0, 0.05) is 29.0 Å². The maximum Gasteiger partial charge on any atom is 0.413 e. The largest absolute Gasteiger partial charge is 0.496 e. The number of hydrogen-bond donors (Lipinski definition) is 3. The first-order valence-corrected chi connectivity index (χ1v) is 11.1. The van der Waals surface area contributed by atoms with E-state index in [1.165, 1.54) is 7.11 Å². The molecule has 0 fully saturated rings. The fourth-order valence-corrected chi connectivity index (χ4v) is 4.20. The summed E-state index contributed by atoms with van der Waals surface area (Å²) in [5, 5.41) is 10.8. The van der Waals surface area contributed by atoms with Crippen LogP contribution in [0.3, 0.4) is 0 Å². The number of nitrogens with zero attached hydrogens (tertiary/aromatic N) is 2. The lowest BCUT2D eigenvalue weighted by atomic mass is 9.97. The molecular formula is C26H23N5O5. The van der Waals surface area contributed by atoms with Gasteiger partial charge in [-0.1, -0.05) is 24.3 Å². The van der Waals surface area contributed by atoms with Crippen LogP contribution >= 0.6 is 0 Å². The lowest BCUT2D eigenvalue weighted by Crippen LogP contribution is -2.11. The number of nitrogens with one attached hydrogen (secondary N) is 3. The van der Waals surface area contributed by atoms with Crippen LogP contribution in [-0.4, -0.2) is 47.6 Å². The molecule has 0 saturated carbocycles. The lowest BCUT2D eigenvalue weighted by Gasteiger charge is -2.15. The Balaban J connectivity index is 1.59. The Morgan fingerprint density at radius 1 is 0.972 bits per heavy atom. The fourth-order valence-electron chi connectivity index (χ4n) is 4.20. The van der Waals surface area contributed by atoms with Crippen LogP contribution in [0.5, 0.6) is 11.5 Å². The van der Waals surface area contributed by atoms with Gasteiger partial charge in [-0.25, -0.2) is 14.9 Å². The van der Waals surface area contributed by atoms with E-state index < -0.39 is 6.09 Å². The molecule has 182 valence electrons. The molecule has 0 aliphatic carbocycles. The highest BCUT2D eigenvalue weighted by Crippen LogP contribution is 2.38. The smallest absolute Gasteiger partial charge is 0.413 e. The average Bonchev–Trinajstić information content (AvgIpc) is 3.31. The monoisotopic (exact) mass is 485 g/mol. The molecule has 2 heterocycles. The summed E-state index contributed by atoms with van der Waals surface area (Å²) in [6.07, 6.45) is -0.186. The number of rotatable bonds is 6. The second kappa shape index (κ2) is 9.41. The van der Waals surface area contributed by atoms with Crippen molar-refractivity contribution < 1.29 is 19.0 Å². The second-order valence-electron chi connectivity index (χ2n) is 8.02. The molecule has 0 radical (unpaired) electrons. The van der Waals surface area contributed by atoms with Crippen LogP contribution in [0.4, 0.5) is 10.7 Å². The van der Waals surface area contributed by atoms with Gasteiger partial charge in [0.1, 0.15) is 11.5 Å². The average molecular weight is 486 g/mol. The summed E-state index contributed by atoms with van der Waals surface area (Å²) in [6, 6.07) is 16.9. The molecule has 10 nitrogen and oxygen atoms in total. The van der Waals surface area contributed by atoms with E-state index in [4.69, 9.17) is 9.47 Å². The summed E-state index contributed by atoms with van der Waals surface area (Å²) in [4.78, 5) is 31.2. The van der Waals surface area contributed by atoms with Crippen molar-refractivity contribution in [2.45, 2.75) is 6.42 Å². The summed E-state index contributed by atoms with van der Waals surface area (Å²) in [5.74, 6) is 1.54. The van der Waals surface area contributed by atoms with Gasteiger partial charge < -0.3 is 19.2 Å². The fraction of sp³-hybridized carbons (Fsp3) is 0.154. The van der Waals surface area contributed by atoms with Gasteiger partial charge in [0.2, 0.25) is 5.95 Å². The Kier molecular flexibility index (Phi) is 5.99. The molecule has 5 aromatic rings. The van der Waals surface area contributed by atoms with E-state index in [0.29, 0.717) is 28.8 Å². The Bertz CT molecular complexity index is 1660. The maximum absolute atomic E-state index is 12.2. The van der Waals surface area contributed by atoms with Crippen LogP contribution in [0.1, 0.15) is 11.3 Å². The van der Waals surface area contributed by atoms with Crippen molar-refractivity contribution in [2.75, 3.05) is 26.6 Å². The van der Waals surface area contributed by atoms with Crippen molar-refractivity contribution in [1.29, 1.82) is 0 Å². The van der Waals surface area contributed by atoms with Crippen molar-refractivity contribution in [1.82, 2.24) is 20.2 Å². The topological polar surface area (TPSA) is 131 Å². The van der Waals surface area contributed by atoms with Gasteiger partial charge >= 0.3 is 6.09 Å². The zero-order valence-corrected chi connectivity index (χ0v) is 19.8. The third-order valence-electron chi connectivity index (χ3n) is 5.94. The molecule has 0 bridgehead atoms. The van der Waals surface area contributed by atoms with E-state index >= 15 is 0 Å². The number of imidazole rings is 1. The van der Waals surface area contributed by atoms with Crippen LogP contribution in [-0.2, 0) is 11.2 Å². The van der Waals surface area contributed by atoms with Crippen LogP contribution in [0.25, 0.3) is 32.9 Å². The molecule has 0 saturated heterocycles. The number of aromatic nitrogens is 4. The van der Waals surface area contributed by atoms with E-state index in [1.807, 2.05) is 48.5 Å². The van der Waals surface area contributed by atoms with Crippen LogP contribution in [0.2, 0.25) is 0 Å². The first-order valence-electron chi connectivity index (χ1n) is 11.1. The summed E-state index contributed by atoms with van der Waals surface area (Å²) in [7, 11) is 4.48. The second-order valence-corrected chi connectivity index (χ2v) is 8.02. The van der Waals surface area contributed by atoms with E-state index in [1.54, 1.807) is 20.3 Å². The molecule has 10 heteroatoms. The molecule has 0 unspecified atom stereocenters. The Labute approximate surface area is 205 Å². The number of methoxy groups -OCH3 is 3. The van der Waals surface area contributed by atoms with Gasteiger partial charge in [0.05, 0.1) is 43.4 Å². The normalized spacial score (nSPS) is 11.0. The predicted molar refractivity (Wildman–Crippen MR) is 136 cm³/mol. The van der Waals surface area contributed by atoms with Gasteiger partial charge in [-0.3, -0.25) is 10.1 Å². The van der Waals surface area contributed by atoms with Gasteiger partial charge in [-0.2, -0.15) is 5.10 Å². The van der Waals surface area contributed by atoms with Crippen molar-refractivity contribution in [3.63, 3.8) is 0 Å². The number of hydrogen-bond acceptors (Lipinski definition) is 7. The molecule has 3 N–H and O–H groups in total. The molecule has 5 rings (SSSR count). The molecule has 3 aromatic carbocycles. The molecule has 0 atom stereocenters. The molecule has 0 spiro atoms. The summed E-state index contributed by atoms with van der Waals surface area (Å²) < 4.78 is 16.0. The number of carbonyl (C=O) groups excluding carboxylic acids is 1. The first kappa shape index (κ1) is 22.9. The third-order valence-corrected chi connectivity index (χ3v) is 5.94. The number of carbonyl (C=O) groups is 1. The number of ether oxygens (including phenoxy) is 3. The number of H-pyrrole nitrogens is 2. The zero-order chi connectivity index (χ0) is 25.2. The number of anilines is 1. The minimum absolute atomic E-state index is 0.231. The van der Waals surface area contributed by atoms with Gasteiger partial charge in [-0.15, -0.1) is 0 Å². The standard InChI is InChI=1S/C26H23N5O5/c1-34-22-13-23(35-2)18(14-8-9-19-21(11-14)28-25(27-19)29-26(33)36-3)10-15(22)12-20-16-6-4-5-7-17(16)24(32)31-30-20/h4-11,13H,12H2,1-3H3,(H,31,32)(H2,27,28,29,33). The van der Waals surface area contributed by atoms with Crippen LogP contribution < -0.4 is 20.3 Å². The molecule has 36 heavy (non-hydrogen) atoms. The SMILES string of the molecule is COC(=O)Nc1nc2cc(-c3cc(Cc4n[nH]c(=O)c5ccccc45)c(OC)cc3OC)ccc2[nH]1. The number of benzene rings is 3. The third kappa shape index (κ3) is 4.20. The van der Waals surface area contributed by atoms with Crippen molar-refractivity contribution in [3.05, 3.63) is 76.2 Å².